The van der Waals surface area contributed by atoms with Crippen molar-refractivity contribution in [2.75, 3.05) is 45.4 Å². The Labute approximate surface area is 760 Å². The van der Waals surface area contributed by atoms with Gasteiger partial charge in [0.15, 0.2) is 22.8 Å². The van der Waals surface area contributed by atoms with E-state index in [4.69, 9.17) is 27.9 Å². The van der Waals surface area contributed by atoms with E-state index in [0.29, 0.717) is 48.3 Å². The summed E-state index contributed by atoms with van der Waals surface area (Å²) in [5.41, 5.74) is 10.7. The zero-order chi connectivity index (χ0) is 87.7. The molecule has 126 heavy (non-hydrogen) atoms. The third-order valence-corrected chi connectivity index (χ3v) is 31.9. The standard InChI is InChI=1S/C23H21NO3S.C20H23BO2S.C15H11F3O3S2.C15H12O2S.C15H14OS.C14H12OS/c25-18-14-20(27-22(15-18)24-10-12-26-13-11-24)19-6-3-5-17-9-8-16-4-1-2-7-21(16)28-23(17)19;1-19(2)20(3,4)23-21(22-19)16-10-7-9-15-13-12-14-8-5-6-11-17(14)24-18(15)16;16-15(17,18)23(19,20)21-12-6-3-5-11-9-8-10-4-1-2-7-13(10)22-14(11)12;1-17-13-7-4-6-11-12(16)9-10-5-2-3-8-14(10)18-15(11)13;1-16-13-7-4-6-12-10-9-11-5-2-3-8-14(11)17-15(12)13;15-12-6-3-5-11-9-8-10-4-1-2-7-13(10)16-14(11)12/h1-7,14-15H,8-13H2;5-11H,12-13H2,1-4H3;1-7H,8-9H2;2-8H,9H2,1H3;2-8H,9-10H2,1H3;1-7,15H,8-9H2. The summed E-state index contributed by atoms with van der Waals surface area (Å²) in [6, 6.07) is 88.1. The molecule has 2 saturated heterocycles. The Kier molecular flexibility index (Phi) is 28.2. The molecule has 644 valence electrons. The van der Waals surface area contributed by atoms with E-state index < -0.39 is 15.6 Å². The number of phenols is 1. The van der Waals surface area contributed by atoms with Gasteiger partial charge in [-0.25, -0.2) is 0 Å². The number of alkyl halides is 3. The molecule has 12 aromatic carbocycles. The van der Waals surface area contributed by atoms with Gasteiger partial charge in [0.2, 0.25) is 0 Å². The first-order valence-corrected chi connectivity index (χ1v) is 48.2. The van der Waals surface area contributed by atoms with E-state index >= 15 is 0 Å². The number of hydrogen-bond acceptors (Lipinski definition) is 19. The average Bonchev–Trinajstić information content (AvgIpc) is 1.58. The van der Waals surface area contributed by atoms with Gasteiger partial charge in [-0.3, -0.25) is 9.59 Å². The molecule has 9 heterocycles. The molecule has 0 amide bonds. The molecule has 0 saturated carbocycles. The second-order valence-electron chi connectivity index (χ2n) is 31.9. The number of fused-ring (bicyclic) bond motifs is 12. The lowest BCUT2D eigenvalue weighted by Gasteiger charge is -2.32. The number of hydrogen-bond donors (Lipinski definition) is 1. The molecule has 0 spiro atoms. The Hall–Kier alpha value is -9.96. The minimum atomic E-state index is -5.69. The number of benzene rings is 12. The summed E-state index contributed by atoms with van der Waals surface area (Å²) in [6.45, 7) is 11.2. The SMILES string of the molecule is CC1(C)OB(c2cccc3c2Sc2ccccc2CC3)OC1(C)C.COc1cccc2c1Sc1ccccc1CC2.COc1cccc2c1Sc1ccccc1CC2=O.O=S(=O)(Oc1cccc2c1Sc1ccccc1CC2)C(F)(F)F.O=c1cc(-c2cccc3c2Sc2ccccc2CC3)oc(N2CCOCC2)c1.Oc1cccc2c1Sc1ccccc1CC2. The Morgan fingerprint density at radius 2 is 0.746 bits per heavy atom. The maximum Gasteiger partial charge on any atom is 0.534 e. The highest BCUT2D eigenvalue weighted by molar-refractivity contribution is 8.01. The quantitative estimate of drug-likeness (QED) is 0.0911. The van der Waals surface area contributed by atoms with Crippen LogP contribution in [0.1, 0.15) is 99.3 Å². The summed E-state index contributed by atoms with van der Waals surface area (Å²) < 4.78 is 99.7. The van der Waals surface area contributed by atoms with E-state index in [1.165, 1.54) is 103 Å². The Morgan fingerprint density at radius 1 is 0.397 bits per heavy atom. The molecular weight excluding hydrogens is 1720 g/mol. The van der Waals surface area contributed by atoms with Crippen LogP contribution >= 0.6 is 70.6 Å². The number of Topliss-reactive ketones (excluding diaryl/α,β-unsaturated/α-hetero) is 1. The Balaban J connectivity index is 0.000000113. The number of ether oxygens (including phenoxy) is 3. The first kappa shape index (κ1) is 89.4. The van der Waals surface area contributed by atoms with Crippen molar-refractivity contribution in [3.05, 3.63) is 344 Å². The van der Waals surface area contributed by atoms with Crippen LogP contribution in [-0.4, -0.2) is 83.7 Å². The lowest BCUT2D eigenvalue weighted by atomic mass is 9.78. The maximum atomic E-state index is 12.6. The molecule has 0 atom stereocenters. The van der Waals surface area contributed by atoms with Gasteiger partial charge in [0.25, 0.3) is 0 Å². The number of halogens is 3. The highest BCUT2D eigenvalue weighted by Crippen LogP contribution is 2.50. The van der Waals surface area contributed by atoms with Crippen LogP contribution in [0.5, 0.6) is 23.0 Å². The Morgan fingerprint density at radius 3 is 1.24 bits per heavy atom. The lowest BCUT2D eigenvalue weighted by Crippen LogP contribution is -2.41. The summed E-state index contributed by atoms with van der Waals surface area (Å²) >= 11 is 9.98. The normalized spacial score (nSPS) is 15.8. The number of carbonyl (C=O) groups excluding carboxylic acids is 1. The molecule has 1 N–H and O–H groups in total. The summed E-state index contributed by atoms with van der Waals surface area (Å²) in [6.07, 6.45) is 10.2. The highest BCUT2D eigenvalue weighted by atomic mass is 32.2. The van der Waals surface area contributed by atoms with Crippen molar-refractivity contribution in [3.8, 4) is 34.3 Å². The molecule has 2 fully saturated rings. The van der Waals surface area contributed by atoms with Gasteiger partial charge in [0.1, 0.15) is 23.0 Å². The number of nitrogens with zero attached hydrogens (tertiary/aromatic N) is 1. The molecule has 21 rings (SSSR count). The average molecular weight is 1820 g/mol. The first-order chi connectivity index (χ1) is 60.9. The third kappa shape index (κ3) is 20.6. The fraction of sp³-hybridized carbons (Fsp3) is 0.235. The number of ketones is 1. The Bertz CT molecular complexity index is 6340. The topological polar surface area (TPSA) is 160 Å². The molecule has 8 aliphatic heterocycles. The zero-order valence-corrected chi connectivity index (χ0v) is 76.2. The largest absolute Gasteiger partial charge is 0.534 e. The van der Waals surface area contributed by atoms with Crippen LogP contribution in [-0.2, 0) is 94.8 Å². The zero-order valence-electron chi connectivity index (χ0n) is 70.5. The van der Waals surface area contributed by atoms with Gasteiger partial charge in [0.05, 0.1) is 58.2 Å². The van der Waals surface area contributed by atoms with Crippen LogP contribution in [0.15, 0.2) is 335 Å². The number of methoxy groups -OCH3 is 2. The number of phenolic OH excluding ortho intramolecular Hbond substituents is 1. The second-order valence-corrected chi connectivity index (χ2v) is 39.8. The minimum Gasteiger partial charge on any atom is -0.507 e. The van der Waals surface area contributed by atoms with E-state index in [0.717, 1.165) is 135 Å². The van der Waals surface area contributed by atoms with E-state index in [9.17, 15) is 36.3 Å². The lowest BCUT2D eigenvalue weighted by molar-refractivity contribution is -0.0501. The van der Waals surface area contributed by atoms with E-state index in [1.807, 2.05) is 96.3 Å². The monoisotopic (exact) mass is 1820 g/mol. The van der Waals surface area contributed by atoms with Gasteiger partial charge in [-0.2, -0.15) is 21.6 Å². The molecule has 13 aromatic rings. The van der Waals surface area contributed by atoms with E-state index in [1.54, 1.807) is 73.8 Å². The van der Waals surface area contributed by atoms with Crippen molar-refractivity contribution in [1.29, 1.82) is 0 Å². The molecule has 0 bridgehead atoms. The van der Waals surface area contributed by atoms with Crippen molar-refractivity contribution in [3.63, 3.8) is 0 Å². The van der Waals surface area contributed by atoms with Crippen LogP contribution in [0.25, 0.3) is 11.3 Å². The summed E-state index contributed by atoms with van der Waals surface area (Å²) in [7, 11) is -2.61. The molecular formula is C102H93BF3NO12S7. The molecule has 13 nitrogen and oxygen atoms in total. The fourth-order valence-corrected chi connectivity index (χ4v) is 23.6. The van der Waals surface area contributed by atoms with Crippen LogP contribution in [0.3, 0.4) is 0 Å². The summed E-state index contributed by atoms with van der Waals surface area (Å²) in [5, 5.41) is 9.89. The molecule has 0 radical (unpaired) electrons. The van der Waals surface area contributed by atoms with Crippen molar-refractivity contribution < 1.29 is 63.6 Å². The highest BCUT2D eigenvalue weighted by Gasteiger charge is 2.53. The van der Waals surface area contributed by atoms with Gasteiger partial charge in [-0.15, -0.1) is 0 Å². The number of anilines is 1. The minimum absolute atomic E-state index is 0.0284. The predicted octanol–water partition coefficient (Wildman–Crippen LogP) is 24.0. The first-order valence-electron chi connectivity index (χ1n) is 41.9. The number of rotatable bonds is 7. The van der Waals surface area contributed by atoms with Gasteiger partial charge in [-0.05, 0) is 225 Å². The number of carbonyl (C=O) groups is 1. The van der Waals surface area contributed by atoms with Gasteiger partial charge >= 0.3 is 22.7 Å². The summed E-state index contributed by atoms with van der Waals surface area (Å²) in [5.74, 6) is 3.29. The molecule has 8 aliphatic rings. The van der Waals surface area contributed by atoms with E-state index in [-0.39, 0.29) is 35.3 Å². The van der Waals surface area contributed by atoms with Crippen LogP contribution in [0.2, 0.25) is 0 Å². The van der Waals surface area contributed by atoms with Crippen LogP contribution in [0.4, 0.5) is 19.1 Å². The van der Waals surface area contributed by atoms with E-state index in [2.05, 4.69) is 195 Å². The summed E-state index contributed by atoms with van der Waals surface area (Å²) in [4.78, 5) is 40.2. The molecule has 0 aliphatic carbocycles. The smallest absolute Gasteiger partial charge is 0.507 e. The molecule has 0 unspecified atom stereocenters. The second kappa shape index (κ2) is 39.7. The molecule has 1 aromatic heterocycles. The fourth-order valence-electron chi connectivity index (χ4n) is 15.8. The molecule has 24 heteroatoms. The number of aryl methyl sites for hydroxylation is 10. The third-order valence-electron chi connectivity index (χ3n) is 23.2. The number of morpholine rings is 1. The van der Waals surface area contributed by atoms with Crippen molar-refractivity contribution in [2.45, 2.75) is 174 Å². The van der Waals surface area contributed by atoms with Crippen LogP contribution < -0.4 is 29.4 Å². The van der Waals surface area contributed by atoms with Gasteiger partial charge in [-0.1, -0.05) is 259 Å². The maximum absolute atomic E-state index is 12.6. The predicted molar refractivity (Wildman–Crippen MR) is 500 cm³/mol. The van der Waals surface area contributed by atoms with Gasteiger partial charge < -0.3 is 42.1 Å². The van der Waals surface area contributed by atoms with Crippen molar-refractivity contribution >= 4 is 105 Å². The van der Waals surface area contributed by atoms with Gasteiger partial charge in [0, 0.05) is 81.9 Å². The number of aromatic hydroxyl groups is 1. The van der Waals surface area contributed by atoms with Crippen molar-refractivity contribution in [2.24, 2.45) is 0 Å². The van der Waals surface area contributed by atoms with Crippen molar-refractivity contribution in [1.82, 2.24) is 0 Å². The van der Waals surface area contributed by atoms with Crippen LogP contribution in [0, 0.1) is 0 Å².